The molecule has 84 valence electrons. The normalized spacial score (nSPS) is 20.4. The highest BCUT2D eigenvalue weighted by molar-refractivity contribution is 7.99. The molecule has 1 aromatic rings. The van der Waals surface area contributed by atoms with Gasteiger partial charge in [-0.25, -0.2) is 0 Å². The largest absolute Gasteiger partial charge is 0.424 e. The second kappa shape index (κ2) is 4.99. The Kier molecular flexibility index (Phi) is 3.64. The van der Waals surface area contributed by atoms with E-state index in [-0.39, 0.29) is 6.04 Å². The number of nitrogens with zero attached hydrogens (tertiary/aromatic N) is 2. The smallest absolute Gasteiger partial charge is 0.232 e. The van der Waals surface area contributed by atoms with Crippen molar-refractivity contribution in [2.24, 2.45) is 11.7 Å². The molecular formula is C10H17N3OS. The van der Waals surface area contributed by atoms with Crippen LogP contribution in [-0.4, -0.2) is 21.7 Å². The highest BCUT2D eigenvalue weighted by Crippen LogP contribution is 2.25. The molecule has 2 heterocycles. The second-order valence-corrected chi connectivity index (χ2v) is 5.31. The number of thioether (sulfide) groups is 1. The number of nitrogens with two attached hydrogens (primary N) is 1. The average molecular weight is 227 g/mol. The molecule has 1 aliphatic heterocycles. The zero-order chi connectivity index (χ0) is 10.7. The number of rotatable bonds is 3. The summed E-state index contributed by atoms with van der Waals surface area (Å²) in [6, 6.07) is -0.159. The lowest BCUT2D eigenvalue weighted by Gasteiger charge is -2.19. The van der Waals surface area contributed by atoms with Crippen LogP contribution in [0.1, 0.15) is 37.6 Å². The van der Waals surface area contributed by atoms with E-state index < -0.39 is 0 Å². The third kappa shape index (κ3) is 2.95. The molecule has 0 saturated carbocycles. The van der Waals surface area contributed by atoms with Gasteiger partial charge in [0.2, 0.25) is 11.8 Å². The van der Waals surface area contributed by atoms with Crippen LogP contribution in [0, 0.1) is 5.92 Å². The molecule has 4 nitrogen and oxygen atoms in total. The van der Waals surface area contributed by atoms with Gasteiger partial charge in [0.15, 0.2) is 0 Å². The highest BCUT2D eigenvalue weighted by atomic mass is 32.2. The fourth-order valence-corrected chi connectivity index (χ4v) is 2.93. The Labute approximate surface area is 94.0 Å². The van der Waals surface area contributed by atoms with Crippen molar-refractivity contribution in [3.05, 3.63) is 11.8 Å². The first-order valence-corrected chi connectivity index (χ1v) is 6.57. The van der Waals surface area contributed by atoms with Gasteiger partial charge >= 0.3 is 0 Å². The number of aromatic nitrogens is 2. The molecule has 0 spiro atoms. The summed E-state index contributed by atoms with van der Waals surface area (Å²) in [6.07, 6.45) is 3.45. The van der Waals surface area contributed by atoms with Crippen LogP contribution in [0.2, 0.25) is 0 Å². The Morgan fingerprint density at radius 3 is 2.80 bits per heavy atom. The van der Waals surface area contributed by atoms with Crippen molar-refractivity contribution in [1.29, 1.82) is 0 Å². The average Bonchev–Trinajstić information content (AvgIpc) is 2.68. The van der Waals surface area contributed by atoms with Gasteiger partial charge < -0.3 is 10.2 Å². The maximum Gasteiger partial charge on any atom is 0.232 e. The monoisotopic (exact) mass is 227 g/mol. The van der Waals surface area contributed by atoms with Crippen LogP contribution in [0.25, 0.3) is 0 Å². The molecule has 0 radical (unpaired) electrons. The SMILES string of the molecule is CC(N)c1nnc(CC2CCSCC2)o1. The molecule has 2 rings (SSSR count). The van der Waals surface area contributed by atoms with Crippen LogP contribution in [-0.2, 0) is 6.42 Å². The molecule has 0 bridgehead atoms. The van der Waals surface area contributed by atoms with E-state index in [9.17, 15) is 0 Å². The van der Waals surface area contributed by atoms with E-state index in [1.165, 1.54) is 24.3 Å². The van der Waals surface area contributed by atoms with Crippen molar-refractivity contribution in [3.63, 3.8) is 0 Å². The summed E-state index contributed by atoms with van der Waals surface area (Å²) < 4.78 is 5.49. The quantitative estimate of drug-likeness (QED) is 0.852. The van der Waals surface area contributed by atoms with E-state index in [1.54, 1.807) is 0 Å². The van der Waals surface area contributed by atoms with E-state index in [4.69, 9.17) is 10.2 Å². The van der Waals surface area contributed by atoms with E-state index in [1.807, 2.05) is 18.7 Å². The molecule has 1 atom stereocenters. The molecule has 1 unspecified atom stereocenters. The molecule has 0 aliphatic carbocycles. The molecule has 2 N–H and O–H groups in total. The van der Waals surface area contributed by atoms with Crippen LogP contribution >= 0.6 is 11.8 Å². The van der Waals surface area contributed by atoms with Crippen molar-refractivity contribution < 1.29 is 4.42 Å². The second-order valence-electron chi connectivity index (χ2n) is 4.08. The minimum atomic E-state index is -0.159. The van der Waals surface area contributed by atoms with Crippen molar-refractivity contribution in [1.82, 2.24) is 10.2 Å². The van der Waals surface area contributed by atoms with Crippen LogP contribution in [0.4, 0.5) is 0 Å². The number of hydrogen-bond acceptors (Lipinski definition) is 5. The first-order chi connectivity index (χ1) is 7.25. The van der Waals surface area contributed by atoms with E-state index >= 15 is 0 Å². The predicted molar refractivity (Wildman–Crippen MR) is 60.7 cm³/mol. The first kappa shape index (κ1) is 11.0. The summed E-state index contributed by atoms with van der Waals surface area (Å²) in [7, 11) is 0. The lowest BCUT2D eigenvalue weighted by Crippen LogP contribution is -2.12. The summed E-state index contributed by atoms with van der Waals surface area (Å²) in [5.74, 6) is 4.54. The van der Waals surface area contributed by atoms with Gasteiger partial charge in [0, 0.05) is 6.42 Å². The number of hydrogen-bond donors (Lipinski definition) is 1. The van der Waals surface area contributed by atoms with Crippen molar-refractivity contribution in [2.75, 3.05) is 11.5 Å². The van der Waals surface area contributed by atoms with E-state index in [0.717, 1.165) is 12.3 Å². The van der Waals surface area contributed by atoms with Crippen LogP contribution in [0.15, 0.2) is 4.42 Å². The van der Waals surface area contributed by atoms with Crippen LogP contribution in [0.5, 0.6) is 0 Å². The van der Waals surface area contributed by atoms with E-state index in [0.29, 0.717) is 11.8 Å². The Hall–Kier alpha value is -0.550. The van der Waals surface area contributed by atoms with Gasteiger partial charge in [-0.2, -0.15) is 11.8 Å². The Balaban J connectivity index is 1.91. The zero-order valence-corrected chi connectivity index (χ0v) is 9.80. The lowest BCUT2D eigenvalue weighted by molar-refractivity contribution is 0.381. The summed E-state index contributed by atoms with van der Waals surface area (Å²) >= 11 is 2.03. The van der Waals surface area contributed by atoms with Crippen LogP contribution < -0.4 is 5.73 Å². The van der Waals surface area contributed by atoms with Crippen molar-refractivity contribution in [2.45, 2.75) is 32.2 Å². The van der Waals surface area contributed by atoms with E-state index in [2.05, 4.69) is 10.2 Å². The molecule has 5 heteroatoms. The van der Waals surface area contributed by atoms with Gasteiger partial charge in [0.25, 0.3) is 0 Å². The van der Waals surface area contributed by atoms with Crippen molar-refractivity contribution in [3.8, 4) is 0 Å². The minimum absolute atomic E-state index is 0.159. The minimum Gasteiger partial charge on any atom is -0.424 e. The third-order valence-corrected chi connectivity index (χ3v) is 3.72. The molecule has 0 amide bonds. The molecule has 1 aliphatic rings. The third-order valence-electron chi connectivity index (χ3n) is 2.68. The molecule has 15 heavy (non-hydrogen) atoms. The predicted octanol–water partition coefficient (Wildman–Crippen LogP) is 1.77. The first-order valence-electron chi connectivity index (χ1n) is 5.41. The van der Waals surface area contributed by atoms with Gasteiger partial charge in [-0.3, -0.25) is 0 Å². The van der Waals surface area contributed by atoms with Gasteiger partial charge in [-0.1, -0.05) is 0 Å². The van der Waals surface area contributed by atoms with Crippen molar-refractivity contribution >= 4 is 11.8 Å². The highest BCUT2D eigenvalue weighted by Gasteiger charge is 2.18. The molecule has 1 fully saturated rings. The lowest BCUT2D eigenvalue weighted by atomic mass is 9.99. The molecule has 1 aromatic heterocycles. The molecular weight excluding hydrogens is 210 g/mol. The Morgan fingerprint density at radius 1 is 1.47 bits per heavy atom. The maximum absolute atomic E-state index is 5.66. The summed E-state index contributed by atoms with van der Waals surface area (Å²) in [5.41, 5.74) is 5.66. The van der Waals surface area contributed by atoms with Gasteiger partial charge in [-0.15, -0.1) is 10.2 Å². The van der Waals surface area contributed by atoms with Crippen LogP contribution in [0.3, 0.4) is 0 Å². The van der Waals surface area contributed by atoms with Gasteiger partial charge in [0.1, 0.15) is 0 Å². The fourth-order valence-electron chi connectivity index (χ4n) is 1.73. The molecule has 1 saturated heterocycles. The summed E-state index contributed by atoms with van der Waals surface area (Å²) in [4.78, 5) is 0. The fraction of sp³-hybridized carbons (Fsp3) is 0.800. The Morgan fingerprint density at radius 2 is 2.20 bits per heavy atom. The summed E-state index contributed by atoms with van der Waals surface area (Å²) in [5, 5.41) is 7.96. The summed E-state index contributed by atoms with van der Waals surface area (Å²) in [6.45, 7) is 1.86. The van der Waals surface area contributed by atoms with Gasteiger partial charge in [-0.05, 0) is 37.2 Å². The van der Waals surface area contributed by atoms with Gasteiger partial charge in [0.05, 0.1) is 6.04 Å². The maximum atomic E-state index is 5.66. The standard InChI is InChI=1S/C10H17N3OS/c1-7(11)10-13-12-9(14-10)6-8-2-4-15-5-3-8/h7-8H,2-6,11H2,1H3. The zero-order valence-electron chi connectivity index (χ0n) is 8.98. The molecule has 0 aromatic carbocycles. The topological polar surface area (TPSA) is 64.9 Å². The Bertz CT molecular complexity index is 307.